The SMILES string of the molecule is COCc1ccc([C@H]2CCCN2C(=O)[C@@H]2CCCC(F)(F)C2)o1. The number of halogens is 2. The number of nitrogens with zero attached hydrogens (tertiary/aromatic N) is 1. The van der Waals surface area contributed by atoms with E-state index in [1.165, 1.54) is 0 Å². The maximum Gasteiger partial charge on any atom is 0.248 e. The summed E-state index contributed by atoms with van der Waals surface area (Å²) < 4.78 is 38.0. The molecule has 0 bridgehead atoms. The average Bonchev–Trinajstić information content (AvgIpc) is 3.14. The van der Waals surface area contributed by atoms with E-state index in [1.807, 2.05) is 12.1 Å². The van der Waals surface area contributed by atoms with E-state index in [1.54, 1.807) is 12.0 Å². The van der Waals surface area contributed by atoms with Gasteiger partial charge in [0.05, 0.1) is 6.04 Å². The Morgan fingerprint density at radius 3 is 2.96 bits per heavy atom. The highest BCUT2D eigenvalue weighted by molar-refractivity contribution is 5.79. The largest absolute Gasteiger partial charge is 0.461 e. The average molecular weight is 327 g/mol. The van der Waals surface area contributed by atoms with E-state index in [9.17, 15) is 13.6 Å². The summed E-state index contributed by atoms with van der Waals surface area (Å²) in [7, 11) is 1.59. The van der Waals surface area contributed by atoms with Crippen LogP contribution in [0.4, 0.5) is 8.78 Å². The summed E-state index contributed by atoms with van der Waals surface area (Å²) >= 11 is 0. The Hall–Kier alpha value is -1.43. The van der Waals surface area contributed by atoms with E-state index in [2.05, 4.69) is 0 Å². The summed E-state index contributed by atoms with van der Waals surface area (Å²) in [5, 5.41) is 0. The molecule has 2 aliphatic rings. The molecule has 128 valence electrons. The first kappa shape index (κ1) is 16.4. The molecule has 1 aromatic heterocycles. The molecule has 23 heavy (non-hydrogen) atoms. The lowest BCUT2D eigenvalue weighted by Crippen LogP contribution is -2.40. The van der Waals surface area contributed by atoms with Crippen molar-refractivity contribution in [3.63, 3.8) is 0 Å². The Kier molecular flexibility index (Phi) is 4.71. The molecule has 0 unspecified atom stereocenters. The molecule has 2 fully saturated rings. The molecule has 1 saturated heterocycles. The van der Waals surface area contributed by atoms with Crippen LogP contribution in [0.2, 0.25) is 0 Å². The zero-order valence-corrected chi connectivity index (χ0v) is 13.4. The number of carbonyl (C=O) groups is 1. The van der Waals surface area contributed by atoms with Gasteiger partial charge < -0.3 is 14.1 Å². The Morgan fingerprint density at radius 1 is 1.39 bits per heavy atom. The van der Waals surface area contributed by atoms with Crippen molar-refractivity contribution in [1.29, 1.82) is 0 Å². The Balaban J connectivity index is 1.71. The number of hydrogen-bond donors (Lipinski definition) is 0. The van der Waals surface area contributed by atoms with Crippen LogP contribution in [0, 0.1) is 5.92 Å². The second-order valence-electron chi connectivity index (χ2n) is 6.58. The van der Waals surface area contributed by atoms with Crippen LogP contribution in [0.5, 0.6) is 0 Å². The first-order valence-electron chi connectivity index (χ1n) is 8.26. The van der Waals surface area contributed by atoms with Gasteiger partial charge in [-0.25, -0.2) is 8.78 Å². The van der Waals surface area contributed by atoms with E-state index in [-0.39, 0.29) is 24.8 Å². The molecule has 1 amide bonds. The first-order valence-corrected chi connectivity index (χ1v) is 8.26. The number of rotatable bonds is 4. The van der Waals surface area contributed by atoms with Gasteiger partial charge in [0.2, 0.25) is 11.8 Å². The number of alkyl halides is 2. The third-order valence-electron chi connectivity index (χ3n) is 4.82. The number of methoxy groups -OCH3 is 1. The molecule has 3 rings (SSSR count). The van der Waals surface area contributed by atoms with Crippen molar-refractivity contribution in [2.45, 2.75) is 57.1 Å². The van der Waals surface area contributed by atoms with Crippen LogP contribution in [0.3, 0.4) is 0 Å². The minimum Gasteiger partial charge on any atom is -0.461 e. The fourth-order valence-corrected chi connectivity index (χ4v) is 3.74. The van der Waals surface area contributed by atoms with Crippen molar-refractivity contribution in [1.82, 2.24) is 4.90 Å². The molecule has 2 heterocycles. The second kappa shape index (κ2) is 6.59. The van der Waals surface area contributed by atoms with Gasteiger partial charge >= 0.3 is 0 Å². The number of ether oxygens (including phenoxy) is 1. The van der Waals surface area contributed by atoms with Gasteiger partial charge in [-0.1, -0.05) is 0 Å². The van der Waals surface area contributed by atoms with E-state index < -0.39 is 11.8 Å². The summed E-state index contributed by atoms with van der Waals surface area (Å²) in [6.45, 7) is 1.00. The maximum absolute atomic E-state index is 13.6. The normalized spacial score (nSPS) is 27.3. The van der Waals surface area contributed by atoms with Crippen molar-refractivity contribution in [2.24, 2.45) is 5.92 Å². The zero-order chi connectivity index (χ0) is 16.4. The van der Waals surface area contributed by atoms with Crippen LogP contribution in [0.15, 0.2) is 16.5 Å². The van der Waals surface area contributed by atoms with Crippen molar-refractivity contribution >= 4 is 5.91 Å². The fourth-order valence-electron chi connectivity index (χ4n) is 3.74. The third kappa shape index (κ3) is 3.57. The zero-order valence-electron chi connectivity index (χ0n) is 13.4. The van der Waals surface area contributed by atoms with Crippen LogP contribution >= 0.6 is 0 Å². The monoisotopic (exact) mass is 327 g/mol. The highest BCUT2D eigenvalue weighted by Crippen LogP contribution is 2.40. The molecule has 2 atom stereocenters. The molecular weight excluding hydrogens is 304 g/mol. The predicted octanol–water partition coefficient (Wildman–Crippen LogP) is 3.92. The number of amides is 1. The van der Waals surface area contributed by atoms with Gasteiger partial charge in [0, 0.05) is 32.4 Å². The molecule has 0 N–H and O–H groups in total. The van der Waals surface area contributed by atoms with Crippen LogP contribution < -0.4 is 0 Å². The van der Waals surface area contributed by atoms with Gasteiger partial charge in [-0.15, -0.1) is 0 Å². The van der Waals surface area contributed by atoms with Gasteiger partial charge in [0.15, 0.2) is 0 Å². The number of furan rings is 1. The second-order valence-corrected chi connectivity index (χ2v) is 6.58. The van der Waals surface area contributed by atoms with Crippen molar-refractivity contribution in [3.8, 4) is 0 Å². The standard InChI is InChI=1S/C17H23F2NO3/c1-22-11-13-6-7-15(23-13)14-5-3-9-20(14)16(21)12-4-2-8-17(18,19)10-12/h6-7,12,14H,2-5,8-11H2,1H3/t12-,14-/m1/s1. The maximum atomic E-state index is 13.6. The Bertz CT molecular complexity index is 558. The summed E-state index contributed by atoms with van der Waals surface area (Å²) in [6, 6.07) is 3.57. The highest BCUT2D eigenvalue weighted by Gasteiger charge is 2.43. The van der Waals surface area contributed by atoms with Gasteiger partial charge in [-0.3, -0.25) is 4.79 Å². The molecule has 1 aromatic rings. The Morgan fingerprint density at radius 2 is 2.22 bits per heavy atom. The lowest BCUT2D eigenvalue weighted by molar-refractivity contribution is -0.144. The van der Waals surface area contributed by atoms with Crippen molar-refractivity contribution in [3.05, 3.63) is 23.7 Å². The van der Waals surface area contributed by atoms with Crippen LogP contribution in [-0.4, -0.2) is 30.4 Å². The molecule has 0 aromatic carbocycles. The van der Waals surface area contributed by atoms with E-state index in [0.717, 1.165) is 18.6 Å². The summed E-state index contributed by atoms with van der Waals surface area (Å²) in [5.41, 5.74) is 0. The van der Waals surface area contributed by atoms with E-state index >= 15 is 0 Å². The molecule has 6 heteroatoms. The predicted molar refractivity (Wildman–Crippen MR) is 80.0 cm³/mol. The van der Waals surface area contributed by atoms with Gasteiger partial charge in [-0.05, 0) is 37.8 Å². The molecular formula is C17H23F2NO3. The minimum absolute atomic E-state index is 0.0984. The molecule has 4 nitrogen and oxygen atoms in total. The van der Waals surface area contributed by atoms with Crippen molar-refractivity contribution < 1.29 is 22.7 Å². The number of carbonyl (C=O) groups excluding carboxylic acids is 1. The summed E-state index contributed by atoms with van der Waals surface area (Å²) in [4.78, 5) is 14.5. The Labute approximate surface area is 134 Å². The quantitative estimate of drug-likeness (QED) is 0.842. The minimum atomic E-state index is -2.70. The molecule has 0 spiro atoms. The topological polar surface area (TPSA) is 42.7 Å². The van der Waals surface area contributed by atoms with Crippen LogP contribution in [0.1, 0.15) is 56.1 Å². The summed E-state index contributed by atoms with van der Waals surface area (Å²) in [5.74, 6) is -1.97. The van der Waals surface area contributed by atoms with Gasteiger partial charge in [0.1, 0.15) is 18.1 Å². The van der Waals surface area contributed by atoms with Gasteiger partial charge in [0.25, 0.3) is 0 Å². The van der Waals surface area contributed by atoms with Crippen molar-refractivity contribution in [2.75, 3.05) is 13.7 Å². The lowest BCUT2D eigenvalue weighted by Gasteiger charge is -2.32. The van der Waals surface area contributed by atoms with Crippen LogP contribution in [0.25, 0.3) is 0 Å². The first-order chi connectivity index (χ1) is 11.0. The molecule has 1 aliphatic carbocycles. The summed E-state index contributed by atoms with van der Waals surface area (Å²) in [6.07, 6.45) is 2.25. The van der Waals surface area contributed by atoms with Gasteiger partial charge in [-0.2, -0.15) is 0 Å². The fraction of sp³-hybridized carbons (Fsp3) is 0.706. The molecule has 1 aliphatic heterocycles. The number of likely N-dealkylation sites (tertiary alicyclic amines) is 1. The molecule has 0 radical (unpaired) electrons. The third-order valence-corrected chi connectivity index (χ3v) is 4.82. The highest BCUT2D eigenvalue weighted by atomic mass is 19.3. The number of hydrogen-bond acceptors (Lipinski definition) is 3. The smallest absolute Gasteiger partial charge is 0.248 e. The van der Waals surface area contributed by atoms with Crippen LogP contribution in [-0.2, 0) is 16.1 Å². The van der Waals surface area contributed by atoms with E-state index in [0.29, 0.717) is 31.8 Å². The molecule has 1 saturated carbocycles. The lowest BCUT2D eigenvalue weighted by atomic mass is 9.85. The van der Waals surface area contributed by atoms with E-state index in [4.69, 9.17) is 9.15 Å².